The lowest BCUT2D eigenvalue weighted by Crippen LogP contribution is -2.17. The molecule has 0 spiro atoms. The van der Waals surface area contributed by atoms with Crippen LogP contribution in [0.3, 0.4) is 0 Å². The minimum atomic E-state index is 0.662. The molecular formula is C26H27NO2. The van der Waals surface area contributed by atoms with Gasteiger partial charge in [0.1, 0.15) is 0 Å². The van der Waals surface area contributed by atoms with Crippen molar-refractivity contribution in [2.45, 2.75) is 13.5 Å². The van der Waals surface area contributed by atoms with Gasteiger partial charge in [-0.2, -0.15) is 5.06 Å². The van der Waals surface area contributed by atoms with Gasteiger partial charge in [0.25, 0.3) is 0 Å². The molecule has 0 aliphatic heterocycles. The van der Waals surface area contributed by atoms with Crippen LogP contribution in [-0.2, 0) is 16.4 Å². The van der Waals surface area contributed by atoms with Gasteiger partial charge in [-0.25, -0.2) is 4.89 Å². The maximum Gasteiger partial charge on any atom is 0.0733 e. The number of hydrogen-bond donors (Lipinski definition) is 0. The highest BCUT2D eigenvalue weighted by atomic mass is 17.3. The summed E-state index contributed by atoms with van der Waals surface area (Å²) < 4.78 is 0. The first kappa shape index (κ1) is 20.7. The summed E-state index contributed by atoms with van der Waals surface area (Å²) in [4.78, 5) is 9.60. The van der Waals surface area contributed by atoms with E-state index < -0.39 is 0 Å². The van der Waals surface area contributed by atoms with E-state index in [1.165, 1.54) is 29.4 Å². The Morgan fingerprint density at radius 3 is 1.45 bits per heavy atom. The summed E-state index contributed by atoms with van der Waals surface area (Å²) in [6.45, 7) is 2.76. The molecule has 3 heteroatoms. The highest BCUT2D eigenvalue weighted by molar-refractivity contribution is 5.73. The van der Waals surface area contributed by atoms with Gasteiger partial charge in [-0.05, 0) is 34.7 Å². The molecule has 3 aromatic rings. The van der Waals surface area contributed by atoms with E-state index in [1.807, 2.05) is 7.05 Å². The Labute approximate surface area is 173 Å². The Kier molecular flexibility index (Phi) is 7.54. The molecule has 0 amide bonds. The van der Waals surface area contributed by atoms with Crippen LogP contribution < -0.4 is 0 Å². The van der Waals surface area contributed by atoms with Crippen molar-refractivity contribution in [3.8, 4) is 0 Å². The smallest absolute Gasteiger partial charge is 0.0733 e. The second-order valence-corrected chi connectivity index (χ2v) is 7.01. The van der Waals surface area contributed by atoms with Crippen molar-refractivity contribution < 1.29 is 9.88 Å². The third-order valence-electron chi connectivity index (χ3n) is 4.54. The lowest BCUT2D eigenvalue weighted by molar-refractivity contribution is -0.408. The van der Waals surface area contributed by atoms with E-state index in [0.29, 0.717) is 6.54 Å². The molecule has 3 nitrogen and oxygen atoms in total. The zero-order valence-corrected chi connectivity index (χ0v) is 17.2. The van der Waals surface area contributed by atoms with Crippen molar-refractivity contribution >= 4 is 24.3 Å². The molecule has 3 rings (SSSR count). The first-order valence-electron chi connectivity index (χ1n) is 9.66. The second kappa shape index (κ2) is 10.5. The first-order chi connectivity index (χ1) is 14.1. The van der Waals surface area contributed by atoms with Gasteiger partial charge in [0.15, 0.2) is 0 Å². The van der Waals surface area contributed by atoms with Gasteiger partial charge in [-0.1, -0.05) is 103 Å². The van der Waals surface area contributed by atoms with Crippen LogP contribution >= 0.6 is 0 Å². The number of aryl methyl sites for hydroxylation is 1. The van der Waals surface area contributed by atoms with Crippen molar-refractivity contribution in [2.75, 3.05) is 14.2 Å². The van der Waals surface area contributed by atoms with Crippen molar-refractivity contribution in [1.82, 2.24) is 5.06 Å². The molecule has 0 aliphatic carbocycles. The van der Waals surface area contributed by atoms with E-state index in [-0.39, 0.29) is 0 Å². The summed E-state index contributed by atoms with van der Waals surface area (Å²) >= 11 is 0. The fourth-order valence-corrected chi connectivity index (χ4v) is 2.93. The van der Waals surface area contributed by atoms with Crippen molar-refractivity contribution in [2.24, 2.45) is 0 Å². The molecule has 0 heterocycles. The van der Waals surface area contributed by atoms with Crippen molar-refractivity contribution in [3.05, 3.63) is 106 Å². The zero-order valence-electron chi connectivity index (χ0n) is 17.2. The van der Waals surface area contributed by atoms with E-state index >= 15 is 0 Å². The SMILES string of the molecule is COON(C)Cc1ccc(/C=C/c2ccc(/C=C/c3ccc(C)cc3)cc2)cc1. The normalized spacial score (nSPS) is 11.7. The van der Waals surface area contributed by atoms with Crippen LogP contribution in [0.4, 0.5) is 0 Å². The lowest BCUT2D eigenvalue weighted by Gasteiger charge is -2.13. The average Bonchev–Trinajstić information content (AvgIpc) is 2.74. The summed E-state index contributed by atoms with van der Waals surface area (Å²) in [5.41, 5.74) is 7.17. The fourth-order valence-electron chi connectivity index (χ4n) is 2.93. The molecule has 148 valence electrons. The monoisotopic (exact) mass is 385 g/mol. The molecule has 0 N–H and O–H groups in total. The van der Waals surface area contributed by atoms with Crippen LogP contribution in [0.2, 0.25) is 0 Å². The third kappa shape index (κ3) is 6.84. The minimum absolute atomic E-state index is 0.662. The minimum Gasteiger partial charge on any atom is -0.221 e. The molecule has 0 fully saturated rings. The van der Waals surface area contributed by atoms with Crippen LogP contribution in [0.5, 0.6) is 0 Å². The Morgan fingerprint density at radius 1 is 0.655 bits per heavy atom. The van der Waals surface area contributed by atoms with Crippen LogP contribution in [0.25, 0.3) is 24.3 Å². The van der Waals surface area contributed by atoms with Gasteiger partial charge < -0.3 is 0 Å². The molecule has 0 aliphatic rings. The number of hydrogen-bond acceptors (Lipinski definition) is 3. The van der Waals surface area contributed by atoms with Crippen LogP contribution in [0.1, 0.15) is 33.4 Å². The quantitative estimate of drug-likeness (QED) is 0.259. The standard InChI is InChI=1S/C26H27NO2/c1-21-4-6-22(7-5-21)8-9-23-10-12-24(13-11-23)14-15-25-16-18-26(19-17-25)20-27(2)29-28-3/h4-19H,20H2,1-3H3/b9-8+,15-14+. The van der Waals surface area contributed by atoms with E-state index in [4.69, 9.17) is 4.99 Å². The number of hydroxylamine groups is 2. The molecule has 0 unspecified atom stereocenters. The first-order valence-corrected chi connectivity index (χ1v) is 9.66. The third-order valence-corrected chi connectivity index (χ3v) is 4.54. The van der Waals surface area contributed by atoms with Gasteiger partial charge >= 0.3 is 0 Å². The maximum atomic E-state index is 4.95. The number of benzene rings is 3. The molecule has 0 atom stereocenters. The lowest BCUT2D eigenvalue weighted by atomic mass is 10.1. The van der Waals surface area contributed by atoms with Crippen molar-refractivity contribution in [3.63, 3.8) is 0 Å². The average molecular weight is 386 g/mol. The molecule has 0 bridgehead atoms. The summed E-state index contributed by atoms with van der Waals surface area (Å²) in [7, 11) is 3.33. The van der Waals surface area contributed by atoms with Crippen molar-refractivity contribution in [1.29, 1.82) is 0 Å². The fraction of sp³-hybridized carbons (Fsp3) is 0.154. The molecular weight excluding hydrogens is 358 g/mol. The maximum absolute atomic E-state index is 4.95. The topological polar surface area (TPSA) is 21.7 Å². The Balaban J connectivity index is 1.57. The van der Waals surface area contributed by atoms with Gasteiger partial charge in [0.05, 0.1) is 13.7 Å². The highest BCUT2D eigenvalue weighted by Crippen LogP contribution is 2.14. The Hall–Kier alpha value is -2.98. The van der Waals surface area contributed by atoms with Crippen LogP contribution in [-0.4, -0.2) is 19.2 Å². The molecule has 0 aromatic heterocycles. The van der Waals surface area contributed by atoms with E-state index in [2.05, 4.69) is 109 Å². The summed E-state index contributed by atoms with van der Waals surface area (Å²) in [6.07, 6.45) is 8.53. The Morgan fingerprint density at radius 2 is 1.03 bits per heavy atom. The molecule has 0 saturated heterocycles. The van der Waals surface area contributed by atoms with E-state index in [1.54, 1.807) is 5.06 Å². The van der Waals surface area contributed by atoms with E-state index in [0.717, 1.165) is 11.1 Å². The molecule has 0 saturated carbocycles. The zero-order chi connectivity index (χ0) is 20.5. The van der Waals surface area contributed by atoms with E-state index in [9.17, 15) is 0 Å². The van der Waals surface area contributed by atoms with Crippen LogP contribution in [0.15, 0.2) is 72.8 Å². The van der Waals surface area contributed by atoms with Gasteiger partial charge in [-0.15, -0.1) is 4.99 Å². The summed E-state index contributed by atoms with van der Waals surface area (Å²) in [5.74, 6) is 0. The van der Waals surface area contributed by atoms with Crippen LogP contribution in [0, 0.1) is 6.92 Å². The number of nitrogens with zero attached hydrogens (tertiary/aromatic N) is 1. The molecule has 29 heavy (non-hydrogen) atoms. The number of rotatable bonds is 8. The van der Waals surface area contributed by atoms with Gasteiger partial charge in [0.2, 0.25) is 0 Å². The molecule has 0 radical (unpaired) electrons. The van der Waals surface area contributed by atoms with Gasteiger partial charge in [-0.3, -0.25) is 0 Å². The largest absolute Gasteiger partial charge is 0.221 e. The summed E-state index contributed by atoms with van der Waals surface area (Å²) in [5, 5.41) is 1.64. The highest BCUT2D eigenvalue weighted by Gasteiger charge is 2.00. The Bertz CT molecular complexity index is 940. The van der Waals surface area contributed by atoms with Gasteiger partial charge in [0, 0.05) is 7.05 Å². The molecule has 3 aromatic carbocycles. The predicted octanol–water partition coefficient (Wildman–Crippen LogP) is 6.26. The predicted molar refractivity (Wildman–Crippen MR) is 121 cm³/mol. The summed E-state index contributed by atoms with van der Waals surface area (Å²) in [6, 6.07) is 25.5. The second-order valence-electron chi connectivity index (χ2n) is 7.01.